The highest BCUT2D eigenvalue weighted by molar-refractivity contribution is 5.95. The third-order valence-corrected chi connectivity index (χ3v) is 4.60. The summed E-state index contributed by atoms with van der Waals surface area (Å²) in [6.45, 7) is 1.47. The van der Waals surface area contributed by atoms with Crippen LogP contribution in [-0.2, 0) is 0 Å². The number of amides is 1. The highest BCUT2D eigenvalue weighted by Gasteiger charge is 2.22. The third-order valence-electron chi connectivity index (χ3n) is 4.60. The van der Waals surface area contributed by atoms with Crippen LogP contribution in [0.15, 0.2) is 54.9 Å². The number of nitrogens with two attached hydrogens (primary N) is 1. The van der Waals surface area contributed by atoms with E-state index in [9.17, 15) is 4.79 Å². The molecule has 3 heterocycles. The summed E-state index contributed by atoms with van der Waals surface area (Å²) in [6, 6.07) is 13.8. The van der Waals surface area contributed by atoms with Crippen molar-refractivity contribution in [1.82, 2.24) is 14.3 Å². The van der Waals surface area contributed by atoms with Crippen molar-refractivity contribution in [1.29, 1.82) is 0 Å². The smallest absolute Gasteiger partial charge is 0.253 e. The highest BCUT2D eigenvalue weighted by Crippen LogP contribution is 2.22. The number of carbonyl (C=O) groups is 1. The Hall–Kier alpha value is -2.66. The van der Waals surface area contributed by atoms with E-state index in [2.05, 4.69) is 4.98 Å². The minimum absolute atomic E-state index is 0.0764. The van der Waals surface area contributed by atoms with E-state index in [1.54, 1.807) is 0 Å². The van der Waals surface area contributed by atoms with Crippen LogP contribution >= 0.6 is 0 Å². The van der Waals surface area contributed by atoms with E-state index >= 15 is 0 Å². The molecule has 1 aliphatic rings. The van der Waals surface area contributed by atoms with Crippen LogP contribution in [0.25, 0.3) is 16.9 Å². The lowest BCUT2D eigenvalue weighted by Crippen LogP contribution is -2.42. The number of piperidine rings is 1. The summed E-state index contributed by atoms with van der Waals surface area (Å²) in [5.74, 6) is 0.0764. The highest BCUT2D eigenvalue weighted by atomic mass is 16.2. The standard InChI is InChI=1S/C19H20N4O/c20-16-7-10-22(11-8-16)19(24)15-5-3-4-14(12-15)17-13-23-9-2-1-6-18(23)21-17/h1-6,9,12-13,16H,7-8,10-11,20H2. The molecule has 1 aliphatic heterocycles. The maximum absolute atomic E-state index is 12.7. The fourth-order valence-electron chi connectivity index (χ4n) is 3.17. The number of fused-ring (bicyclic) bond motifs is 1. The quantitative estimate of drug-likeness (QED) is 0.789. The van der Waals surface area contributed by atoms with E-state index in [0.29, 0.717) is 5.56 Å². The maximum Gasteiger partial charge on any atom is 0.253 e. The van der Waals surface area contributed by atoms with Gasteiger partial charge in [0.25, 0.3) is 5.91 Å². The summed E-state index contributed by atoms with van der Waals surface area (Å²) in [5.41, 5.74) is 9.36. The number of carbonyl (C=O) groups excluding carboxylic acids is 1. The predicted octanol–water partition coefficient (Wildman–Crippen LogP) is 2.56. The SMILES string of the molecule is NC1CCN(C(=O)c2cccc(-c3cn4ccccc4n3)c2)CC1. The molecule has 0 saturated carbocycles. The Morgan fingerprint density at radius 1 is 1.12 bits per heavy atom. The summed E-state index contributed by atoms with van der Waals surface area (Å²) in [5, 5.41) is 0. The zero-order chi connectivity index (χ0) is 16.5. The summed E-state index contributed by atoms with van der Waals surface area (Å²) < 4.78 is 1.98. The Morgan fingerprint density at radius 2 is 1.96 bits per heavy atom. The average Bonchev–Trinajstić information content (AvgIpc) is 3.06. The largest absolute Gasteiger partial charge is 0.339 e. The first-order valence-electron chi connectivity index (χ1n) is 8.30. The maximum atomic E-state index is 12.7. The fraction of sp³-hybridized carbons (Fsp3) is 0.263. The van der Waals surface area contributed by atoms with E-state index in [1.165, 1.54) is 0 Å². The molecule has 5 nitrogen and oxygen atoms in total. The van der Waals surface area contributed by atoms with E-state index in [-0.39, 0.29) is 11.9 Å². The van der Waals surface area contributed by atoms with Gasteiger partial charge in [-0.3, -0.25) is 4.79 Å². The molecule has 122 valence electrons. The van der Waals surface area contributed by atoms with Crippen molar-refractivity contribution >= 4 is 11.6 Å². The van der Waals surface area contributed by atoms with E-state index in [1.807, 2.05) is 64.2 Å². The average molecular weight is 320 g/mol. The number of hydrogen-bond acceptors (Lipinski definition) is 3. The first kappa shape index (κ1) is 14.9. The second kappa shape index (κ2) is 6.09. The number of hydrogen-bond donors (Lipinski definition) is 1. The van der Waals surface area contributed by atoms with Gasteiger partial charge < -0.3 is 15.0 Å². The molecule has 1 fully saturated rings. The first-order chi connectivity index (χ1) is 11.7. The van der Waals surface area contributed by atoms with Gasteiger partial charge in [0.15, 0.2) is 0 Å². The van der Waals surface area contributed by atoms with Crippen LogP contribution in [-0.4, -0.2) is 39.3 Å². The minimum Gasteiger partial charge on any atom is -0.339 e. The summed E-state index contributed by atoms with van der Waals surface area (Å²) in [6.07, 6.45) is 5.70. The second-order valence-corrected chi connectivity index (χ2v) is 6.30. The lowest BCUT2D eigenvalue weighted by atomic mass is 10.0. The number of benzene rings is 1. The zero-order valence-corrected chi connectivity index (χ0v) is 13.4. The molecule has 3 aromatic rings. The van der Waals surface area contributed by atoms with Gasteiger partial charge in [-0.15, -0.1) is 0 Å². The molecule has 0 radical (unpaired) electrons. The van der Waals surface area contributed by atoms with Crippen LogP contribution < -0.4 is 5.73 Å². The van der Waals surface area contributed by atoms with Crippen LogP contribution in [0.4, 0.5) is 0 Å². The Balaban J connectivity index is 1.62. The summed E-state index contributed by atoms with van der Waals surface area (Å²) >= 11 is 0. The van der Waals surface area contributed by atoms with Crippen LogP contribution in [0.1, 0.15) is 23.2 Å². The van der Waals surface area contributed by atoms with Crippen molar-refractivity contribution in [3.63, 3.8) is 0 Å². The monoisotopic (exact) mass is 320 g/mol. The number of nitrogens with zero attached hydrogens (tertiary/aromatic N) is 3. The van der Waals surface area contributed by atoms with Crippen LogP contribution in [0, 0.1) is 0 Å². The second-order valence-electron chi connectivity index (χ2n) is 6.30. The molecule has 1 saturated heterocycles. The van der Waals surface area contributed by atoms with E-state index < -0.39 is 0 Å². The van der Waals surface area contributed by atoms with Gasteiger partial charge in [0.1, 0.15) is 5.65 Å². The first-order valence-corrected chi connectivity index (χ1v) is 8.30. The molecule has 4 rings (SSSR count). The van der Waals surface area contributed by atoms with Crippen molar-refractivity contribution in [2.75, 3.05) is 13.1 Å². The van der Waals surface area contributed by atoms with Gasteiger partial charge in [-0.1, -0.05) is 18.2 Å². The van der Waals surface area contributed by atoms with Gasteiger partial charge in [-0.05, 0) is 37.1 Å². The van der Waals surface area contributed by atoms with Gasteiger partial charge in [0.05, 0.1) is 5.69 Å². The van der Waals surface area contributed by atoms with Gasteiger partial charge in [-0.2, -0.15) is 0 Å². The number of aromatic nitrogens is 2. The lowest BCUT2D eigenvalue weighted by molar-refractivity contribution is 0.0715. The molecule has 1 amide bonds. The van der Waals surface area contributed by atoms with Crippen molar-refractivity contribution in [2.24, 2.45) is 5.73 Å². The van der Waals surface area contributed by atoms with Crippen molar-refractivity contribution in [3.8, 4) is 11.3 Å². The minimum atomic E-state index is 0.0764. The fourth-order valence-corrected chi connectivity index (χ4v) is 3.17. The van der Waals surface area contributed by atoms with Crippen LogP contribution in [0.2, 0.25) is 0 Å². The van der Waals surface area contributed by atoms with Gasteiger partial charge >= 0.3 is 0 Å². The number of pyridine rings is 1. The normalized spacial score (nSPS) is 15.8. The molecular formula is C19H20N4O. The van der Waals surface area contributed by atoms with Gasteiger partial charge in [0, 0.05) is 42.7 Å². The van der Waals surface area contributed by atoms with Crippen LogP contribution in [0.5, 0.6) is 0 Å². The van der Waals surface area contributed by atoms with E-state index in [4.69, 9.17) is 5.73 Å². The van der Waals surface area contributed by atoms with Crippen molar-refractivity contribution in [3.05, 3.63) is 60.4 Å². The van der Waals surface area contributed by atoms with Gasteiger partial charge in [-0.25, -0.2) is 4.98 Å². The topological polar surface area (TPSA) is 63.6 Å². The molecule has 0 spiro atoms. The number of likely N-dealkylation sites (tertiary alicyclic amines) is 1. The molecule has 1 aromatic carbocycles. The number of rotatable bonds is 2. The molecule has 0 atom stereocenters. The lowest BCUT2D eigenvalue weighted by Gasteiger charge is -2.30. The molecule has 2 N–H and O–H groups in total. The Morgan fingerprint density at radius 3 is 2.75 bits per heavy atom. The molecule has 0 aliphatic carbocycles. The Labute approximate surface area is 140 Å². The summed E-state index contributed by atoms with van der Waals surface area (Å²) in [4.78, 5) is 19.2. The summed E-state index contributed by atoms with van der Waals surface area (Å²) in [7, 11) is 0. The Kier molecular flexibility index (Phi) is 3.78. The van der Waals surface area contributed by atoms with Crippen LogP contribution in [0.3, 0.4) is 0 Å². The zero-order valence-electron chi connectivity index (χ0n) is 13.4. The number of imidazole rings is 1. The molecule has 0 bridgehead atoms. The Bertz CT molecular complexity index is 845. The van der Waals surface area contributed by atoms with E-state index in [0.717, 1.165) is 42.8 Å². The molecule has 5 heteroatoms. The molecule has 2 aromatic heterocycles. The van der Waals surface area contributed by atoms with Gasteiger partial charge in [0.2, 0.25) is 0 Å². The van der Waals surface area contributed by atoms with Crippen molar-refractivity contribution in [2.45, 2.75) is 18.9 Å². The molecular weight excluding hydrogens is 300 g/mol. The molecule has 0 unspecified atom stereocenters. The van der Waals surface area contributed by atoms with Crippen molar-refractivity contribution < 1.29 is 4.79 Å². The third kappa shape index (κ3) is 2.78. The molecule has 24 heavy (non-hydrogen) atoms. The predicted molar refractivity (Wildman–Crippen MR) is 93.7 cm³/mol.